The van der Waals surface area contributed by atoms with E-state index in [2.05, 4.69) is 35.4 Å². The van der Waals surface area contributed by atoms with Crippen molar-refractivity contribution in [3.05, 3.63) is 67.2 Å². The third-order valence-corrected chi connectivity index (χ3v) is 7.99. The molecule has 0 radical (unpaired) electrons. The number of aliphatic hydroxyl groups excluding tert-OH is 6. The summed E-state index contributed by atoms with van der Waals surface area (Å²) in [6, 6.07) is 3.95. The fraction of sp³-hybridized carbons (Fsp3) is 0.720. The van der Waals surface area contributed by atoms with Gasteiger partial charge in [0.2, 0.25) is 0 Å². The minimum atomic E-state index is -1.80. The summed E-state index contributed by atoms with van der Waals surface area (Å²) in [7, 11) is 0. The molecular formula is C25H34N10O11. The lowest BCUT2D eigenvalue weighted by Crippen LogP contribution is -2.66. The quantitative estimate of drug-likeness (QED) is 0.0888. The van der Waals surface area contributed by atoms with Crippen molar-refractivity contribution in [1.29, 1.82) is 0 Å². The number of aliphatic hydroxyl groups is 6. The third-order valence-electron chi connectivity index (χ3n) is 7.99. The lowest BCUT2D eigenvalue weighted by Gasteiger charge is -2.48. The van der Waals surface area contributed by atoms with E-state index in [9.17, 15) is 41.0 Å². The van der Waals surface area contributed by atoms with Gasteiger partial charge in [-0.25, -0.2) is 0 Å². The van der Waals surface area contributed by atoms with E-state index in [0.717, 1.165) is 0 Å². The highest BCUT2D eigenvalue weighted by Crippen LogP contribution is 2.36. The number of benzene rings is 1. The molecule has 0 spiro atoms. The summed E-state index contributed by atoms with van der Waals surface area (Å²) in [4.78, 5) is 21.1. The fourth-order valence-corrected chi connectivity index (χ4v) is 5.64. The number of ether oxygens (including phenoxy) is 4. The van der Waals surface area contributed by atoms with Crippen LogP contribution in [0.15, 0.2) is 45.7 Å². The molecule has 2 heterocycles. The summed E-state index contributed by atoms with van der Waals surface area (Å²) in [6.07, 6.45) is -19.3. The summed E-state index contributed by atoms with van der Waals surface area (Å²) >= 11 is 0. The van der Waals surface area contributed by atoms with Crippen molar-refractivity contribution in [2.24, 2.45) is 15.3 Å². The van der Waals surface area contributed by atoms with Crippen LogP contribution in [0.25, 0.3) is 31.3 Å². The molecule has 1 amide bonds. The highest BCUT2D eigenvalue weighted by Gasteiger charge is 2.54. The molecule has 3 aliphatic rings. The third kappa shape index (κ3) is 7.60. The number of azide groups is 3. The van der Waals surface area contributed by atoms with Crippen LogP contribution in [0.1, 0.15) is 23.7 Å². The molecule has 15 atom stereocenters. The SMILES string of the molecule is C[C@@H](O)C1O[C@H](O[C@@H]2C(N=[N+]=[N-])C[C@@H](NC(=O)c3ccccc3)C(O)[C@H]2O[C@@H]2O[C@H](CN=[N+]=[N-])[C@H](O)C2O)C(N=[N+]=[N-])[C@@H](O)[C@@H]1O. The predicted molar refractivity (Wildman–Crippen MR) is 151 cm³/mol. The summed E-state index contributed by atoms with van der Waals surface area (Å²) in [6.45, 7) is 0.880. The Bertz CT molecular complexity index is 1340. The van der Waals surface area contributed by atoms with E-state index in [1.807, 2.05) is 0 Å². The van der Waals surface area contributed by atoms with Crippen LogP contribution in [-0.4, -0.2) is 135 Å². The minimum absolute atomic E-state index is 0.242. The number of amides is 1. The van der Waals surface area contributed by atoms with Crippen LogP contribution >= 0.6 is 0 Å². The molecule has 1 aromatic rings. The van der Waals surface area contributed by atoms with Crippen LogP contribution in [0.4, 0.5) is 0 Å². The second-order valence-electron chi connectivity index (χ2n) is 11.0. The highest BCUT2D eigenvalue weighted by atomic mass is 16.7. The monoisotopic (exact) mass is 650 g/mol. The average molecular weight is 651 g/mol. The van der Waals surface area contributed by atoms with Gasteiger partial charge in [-0.05, 0) is 42.1 Å². The number of nitrogens with zero attached hydrogens (tertiary/aromatic N) is 9. The first kappa shape index (κ1) is 35.1. The van der Waals surface area contributed by atoms with Crippen LogP contribution in [-0.2, 0) is 18.9 Å². The molecule has 46 heavy (non-hydrogen) atoms. The first-order valence-corrected chi connectivity index (χ1v) is 14.2. The van der Waals surface area contributed by atoms with Gasteiger partial charge in [0.25, 0.3) is 5.91 Å². The molecule has 1 aromatic carbocycles. The van der Waals surface area contributed by atoms with Crippen LogP contribution in [0, 0.1) is 0 Å². The van der Waals surface area contributed by atoms with E-state index in [4.69, 9.17) is 30.0 Å². The van der Waals surface area contributed by atoms with Crippen molar-refractivity contribution in [2.45, 2.75) is 105 Å². The van der Waals surface area contributed by atoms with E-state index in [1.54, 1.807) is 18.2 Å². The molecule has 21 heteroatoms. The maximum atomic E-state index is 13.0. The zero-order valence-corrected chi connectivity index (χ0v) is 24.2. The minimum Gasteiger partial charge on any atom is -0.391 e. The Morgan fingerprint density at radius 1 is 0.913 bits per heavy atom. The van der Waals surface area contributed by atoms with Gasteiger partial charge in [0.1, 0.15) is 42.7 Å². The van der Waals surface area contributed by atoms with Crippen molar-refractivity contribution in [3.63, 3.8) is 0 Å². The largest absolute Gasteiger partial charge is 0.391 e. The molecule has 4 rings (SSSR count). The number of carbonyl (C=O) groups excluding carboxylic acids is 1. The highest BCUT2D eigenvalue weighted by molar-refractivity contribution is 5.94. The smallest absolute Gasteiger partial charge is 0.251 e. The van der Waals surface area contributed by atoms with Gasteiger partial charge in [-0.1, -0.05) is 33.5 Å². The van der Waals surface area contributed by atoms with Crippen molar-refractivity contribution in [1.82, 2.24) is 5.32 Å². The summed E-state index contributed by atoms with van der Waals surface area (Å²) in [5.74, 6) is -0.597. The van der Waals surface area contributed by atoms with Gasteiger partial charge in [0.15, 0.2) is 12.6 Å². The molecule has 1 aliphatic carbocycles. The van der Waals surface area contributed by atoms with E-state index in [1.165, 1.54) is 19.1 Å². The molecule has 1 saturated carbocycles. The molecule has 0 bridgehead atoms. The summed E-state index contributed by atoms with van der Waals surface area (Å²) in [5.41, 5.74) is 27.4. The molecule has 0 aromatic heterocycles. The Hall–Kier alpha value is -3.78. The number of carbonyl (C=O) groups is 1. The Morgan fingerprint density at radius 3 is 2.22 bits per heavy atom. The van der Waals surface area contributed by atoms with E-state index < -0.39 is 97.7 Å². The number of hydrogen-bond acceptors (Lipinski definition) is 14. The molecule has 5 unspecified atom stereocenters. The van der Waals surface area contributed by atoms with Crippen LogP contribution in [0.3, 0.4) is 0 Å². The molecule has 7 N–H and O–H groups in total. The zero-order valence-electron chi connectivity index (χ0n) is 24.2. The lowest BCUT2D eigenvalue weighted by molar-refractivity contribution is -0.315. The van der Waals surface area contributed by atoms with Crippen molar-refractivity contribution in [2.75, 3.05) is 6.54 Å². The Morgan fingerprint density at radius 2 is 1.59 bits per heavy atom. The first-order chi connectivity index (χ1) is 22.0. The van der Waals surface area contributed by atoms with Gasteiger partial charge in [-0.15, -0.1) is 0 Å². The van der Waals surface area contributed by atoms with Crippen molar-refractivity contribution < 1.29 is 54.4 Å². The normalized spacial score (nSPS) is 39.6. The van der Waals surface area contributed by atoms with Gasteiger partial charge in [0.05, 0.1) is 43.0 Å². The maximum absolute atomic E-state index is 13.0. The lowest BCUT2D eigenvalue weighted by atomic mass is 9.83. The molecule has 250 valence electrons. The topological polar surface area (TPSA) is 334 Å². The zero-order chi connectivity index (χ0) is 33.5. The van der Waals surface area contributed by atoms with Gasteiger partial charge in [0, 0.05) is 20.3 Å². The molecular weight excluding hydrogens is 616 g/mol. The first-order valence-electron chi connectivity index (χ1n) is 14.2. The maximum Gasteiger partial charge on any atom is 0.251 e. The fourth-order valence-electron chi connectivity index (χ4n) is 5.64. The molecule has 2 saturated heterocycles. The molecule has 2 aliphatic heterocycles. The van der Waals surface area contributed by atoms with Gasteiger partial charge in [-0.3, -0.25) is 4.79 Å². The van der Waals surface area contributed by atoms with Crippen LogP contribution < -0.4 is 5.32 Å². The Kier molecular flexibility index (Phi) is 12.0. The summed E-state index contributed by atoms with van der Waals surface area (Å²) < 4.78 is 23.2. The second kappa shape index (κ2) is 15.7. The number of nitrogens with one attached hydrogen (secondary N) is 1. The second-order valence-corrected chi connectivity index (χ2v) is 11.0. The number of hydrogen-bond donors (Lipinski definition) is 7. The van der Waals surface area contributed by atoms with Gasteiger partial charge in [-0.2, -0.15) is 0 Å². The van der Waals surface area contributed by atoms with Crippen molar-refractivity contribution >= 4 is 5.91 Å². The summed E-state index contributed by atoms with van der Waals surface area (Å²) in [5, 5.41) is 77.2. The predicted octanol–water partition coefficient (Wildman–Crippen LogP) is -0.738. The van der Waals surface area contributed by atoms with Gasteiger partial charge < -0.3 is 54.9 Å². The number of rotatable bonds is 11. The average Bonchev–Trinajstić information content (AvgIpc) is 3.31. The Labute approximate surface area is 260 Å². The standard InChI is InChI=1S/C25H34N10O11/c1-9(36)20-18(40)17(39)14(32-35-28)24(44-20)45-21-12(31-34-27)7-11(30-23(42)10-5-3-2-4-6-10)15(37)22(21)46-25-19(41)16(38)13(43-25)8-29-33-26/h2-6,9,11-22,24-25,36-41H,7-8H2,1H3,(H,30,42)/t9-,11-,12?,13-,14?,15?,16+,17-,18+,19?,20?,21-,22-,24-,25+/m1/s1. The molecule has 3 fully saturated rings. The van der Waals surface area contributed by atoms with E-state index in [-0.39, 0.29) is 18.5 Å². The van der Waals surface area contributed by atoms with Crippen LogP contribution in [0.2, 0.25) is 0 Å². The Balaban J connectivity index is 1.70. The van der Waals surface area contributed by atoms with E-state index >= 15 is 0 Å². The van der Waals surface area contributed by atoms with E-state index in [0.29, 0.717) is 0 Å². The van der Waals surface area contributed by atoms with Crippen LogP contribution in [0.5, 0.6) is 0 Å². The molecule has 21 nitrogen and oxygen atoms in total. The van der Waals surface area contributed by atoms with Crippen molar-refractivity contribution in [3.8, 4) is 0 Å². The van der Waals surface area contributed by atoms with Gasteiger partial charge >= 0.3 is 0 Å².